The SMILES string of the molecule is CCS(=O)(=O)c1ccccc1NC(CCO)COC. The Morgan fingerprint density at radius 2 is 2.05 bits per heavy atom. The maximum Gasteiger partial charge on any atom is 0.180 e. The van der Waals surface area contributed by atoms with E-state index in [1.54, 1.807) is 38.3 Å². The van der Waals surface area contributed by atoms with Gasteiger partial charge in [-0.3, -0.25) is 0 Å². The molecule has 0 amide bonds. The normalized spacial score (nSPS) is 13.2. The summed E-state index contributed by atoms with van der Waals surface area (Å²) in [4.78, 5) is 0.288. The van der Waals surface area contributed by atoms with Gasteiger partial charge in [0.1, 0.15) is 0 Å². The fourth-order valence-corrected chi connectivity index (χ4v) is 2.85. The van der Waals surface area contributed by atoms with E-state index >= 15 is 0 Å². The van der Waals surface area contributed by atoms with Gasteiger partial charge in [0.15, 0.2) is 9.84 Å². The summed E-state index contributed by atoms with van der Waals surface area (Å²) in [5, 5.41) is 12.1. The molecule has 1 rings (SSSR count). The van der Waals surface area contributed by atoms with Gasteiger partial charge in [-0.25, -0.2) is 8.42 Å². The van der Waals surface area contributed by atoms with Crippen LogP contribution in [-0.2, 0) is 14.6 Å². The van der Waals surface area contributed by atoms with Gasteiger partial charge >= 0.3 is 0 Å². The molecule has 0 bridgehead atoms. The lowest BCUT2D eigenvalue weighted by Crippen LogP contribution is -2.27. The van der Waals surface area contributed by atoms with Crippen molar-refractivity contribution in [3.63, 3.8) is 0 Å². The standard InChI is InChI=1S/C13H21NO4S/c1-3-19(16,17)13-7-5-4-6-12(13)14-11(8-9-15)10-18-2/h4-7,11,14-15H,3,8-10H2,1-2H3. The van der Waals surface area contributed by atoms with Crippen LogP contribution in [0.3, 0.4) is 0 Å². The molecule has 0 heterocycles. The molecule has 19 heavy (non-hydrogen) atoms. The molecular formula is C13H21NO4S. The molecule has 0 aliphatic rings. The lowest BCUT2D eigenvalue weighted by atomic mass is 10.2. The van der Waals surface area contributed by atoms with E-state index in [0.717, 1.165) is 0 Å². The fraction of sp³-hybridized carbons (Fsp3) is 0.538. The summed E-state index contributed by atoms with van der Waals surface area (Å²) in [5.41, 5.74) is 0.555. The Morgan fingerprint density at radius 1 is 1.37 bits per heavy atom. The van der Waals surface area contributed by atoms with Crippen molar-refractivity contribution in [2.75, 3.05) is 31.4 Å². The number of hydrogen-bond acceptors (Lipinski definition) is 5. The molecule has 0 aliphatic carbocycles. The summed E-state index contributed by atoms with van der Waals surface area (Å²) >= 11 is 0. The summed E-state index contributed by atoms with van der Waals surface area (Å²) in [6.45, 7) is 2.04. The number of rotatable bonds is 8. The molecule has 6 heteroatoms. The second kappa shape index (κ2) is 7.47. The number of benzene rings is 1. The third-order valence-electron chi connectivity index (χ3n) is 2.81. The van der Waals surface area contributed by atoms with Gasteiger partial charge in [0.25, 0.3) is 0 Å². The smallest absolute Gasteiger partial charge is 0.180 e. The van der Waals surface area contributed by atoms with Crippen LogP contribution in [0, 0.1) is 0 Å². The Balaban J connectivity index is 3.00. The van der Waals surface area contributed by atoms with Crippen LogP contribution in [-0.4, -0.2) is 45.6 Å². The highest BCUT2D eigenvalue weighted by Gasteiger charge is 2.18. The zero-order valence-electron chi connectivity index (χ0n) is 11.3. The van der Waals surface area contributed by atoms with Gasteiger partial charge in [-0.1, -0.05) is 19.1 Å². The highest BCUT2D eigenvalue weighted by Crippen LogP contribution is 2.23. The van der Waals surface area contributed by atoms with Crippen molar-refractivity contribution in [2.45, 2.75) is 24.3 Å². The third kappa shape index (κ3) is 4.49. The van der Waals surface area contributed by atoms with Gasteiger partial charge in [-0.15, -0.1) is 0 Å². The van der Waals surface area contributed by atoms with E-state index in [0.29, 0.717) is 18.7 Å². The molecule has 5 nitrogen and oxygen atoms in total. The van der Waals surface area contributed by atoms with E-state index in [2.05, 4.69) is 5.32 Å². The van der Waals surface area contributed by atoms with Crippen LogP contribution in [0.4, 0.5) is 5.69 Å². The van der Waals surface area contributed by atoms with Crippen molar-refractivity contribution in [3.8, 4) is 0 Å². The molecule has 1 aromatic rings. The Labute approximate surface area is 114 Å². The van der Waals surface area contributed by atoms with Crippen molar-refractivity contribution < 1.29 is 18.3 Å². The molecule has 1 aromatic carbocycles. The summed E-state index contributed by atoms with van der Waals surface area (Å²) in [6.07, 6.45) is 0.494. The van der Waals surface area contributed by atoms with Crippen LogP contribution < -0.4 is 5.32 Å². The number of anilines is 1. The average molecular weight is 287 g/mol. The molecule has 1 unspecified atom stereocenters. The highest BCUT2D eigenvalue weighted by atomic mass is 32.2. The number of sulfone groups is 1. The monoisotopic (exact) mass is 287 g/mol. The number of aliphatic hydroxyl groups excluding tert-OH is 1. The van der Waals surface area contributed by atoms with Crippen molar-refractivity contribution in [3.05, 3.63) is 24.3 Å². The summed E-state index contributed by atoms with van der Waals surface area (Å²) in [6, 6.07) is 6.67. The molecule has 0 fully saturated rings. The van der Waals surface area contributed by atoms with Gasteiger partial charge in [0, 0.05) is 13.7 Å². The first-order valence-electron chi connectivity index (χ1n) is 6.23. The van der Waals surface area contributed by atoms with E-state index in [-0.39, 0.29) is 23.3 Å². The minimum atomic E-state index is -3.27. The van der Waals surface area contributed by atoms with E-state index < -0.39 is 9.84 Å². The number of ether oxygens (including phenoxy) is 1. The first-order chi connectivity index (χ1) is 9.05. The van der Waals surface area contributed by atoms with Gasteiger partial charge in [-0.2, -0.15) is 0 Å². The molecule has 108 valence electrons. The van der Waals surface area contributed by atoms with Crippen LogP contribution in [0.1, 0.15) is 13.3 Å². The number of para-hydroxylation sites is 1. The second-order valence-electron chi connectivity index (χ2n) is 4.21. The second-order valence-corrected chi connectivity index (χ2v) is 6.46. The fourth-order valence-electron chi connectivity index (χ4n) is 1.79. The zero-order chi connectivity index (χ0) is 14.3. The van der Waals surface area contributed by atoms with Gasteiger partial charge in [-0.05, 0) is 18.6 Å². The maximum absolute atomic E-state index is 12.0. The molecular weight excluding hydrogens is 266 g/mol. The first kappa shape index (κ1) is 15.9. The van der Waals surface area contributed by atoms with E-state index in [1.165, 1.54) is 0 Å². The highest BCUT2D eigenvalue weighted by molar-refractivity contribution is 7.91. The Hall–Kier alpha value is -1.11. The third-order valence-corrected chi connectivity index (χ3v) is 4.59. The quantitative estimate of drug-likeness (QED) is 0.753. The average Bonchev–Trinajstić information content (AvgIpc) is 2.40. The van der Waals surface area contributed by atoms with E-state index in [1.807, 2.05) is 0 Å². The van der Waals surface area contributed by atoms with Crippen LogP contribution >= 0.6 is 0 Å². The molecule has 0 saturated carbocycles. The summed E-state index contributed by atoms with van der Waals surface area (Å²) < 4.78 is 29.1. The van der Waals surface area contributed by atoms with Gasteiger partial charge < -0.3 is 15.2 Å². The first-order valence-corrected chi connectivity index (χ1v) is 7.88. The van der Waals surface area contributed by atoms with Crippen molar-refractivity contribution >= 4 is 15.5 Å². The largest absolute Gasteiger partial charge is 0.396 e. The number of methoxy groups -OCH3 is 1. The van der Waals surface area contributed by atoms with Crippen LogP contribution in [0.5, 0.6) is 0 Å². The Morgan fingerprint density at radius 3 is 2.63 bits per heavy atom. The summed E-state index contributed by atoms with van der Waals surface area (Å²) in [5.74, 6) is 0.0562. The van der Waals surface area contributed by atoms with Crippen molar-refractivity contribution in [1.82, 2.24) is 0 Å². The molecule has 0 spiro atoms. The van der Waals surface area contributed by atoms with Crippen LogP contribution in [0.2, 0.25) is 0 Å². The lowest BCUT2D eigenvalue weighted by molar-refractivity contribution is 0.170. The molecule has 0 aliphatic heterocycles. The lowest BCUT2D eigenvalue weighted by Gasteiger charge is -2.20. The van der Waals surface area contributed by atoms with Crippen LogP contribution in [0.15, 0.2) is 29.2 Å². The number of nitrogens with one attached hydrogen (secondary N) is 1. The van der Waals surface area contributed by atoms with Crippen molar-refractivity contribution in [1.29, 1.82) is 0 Å². The predicted octanol–water partition coefficient (Wildman–Crippen LogP) is 1.29. The van der Waals surface area contributed by atoms with E-state index in [9.17, 15) is 8.42 Å². The topological polar surface area (TPSA) is 75.6 Å². The molecule has 0 radical (unpaired) electrons. The molecule has 0 saturated heterocycles. The van der Waals surface area contributed by atoms with E-state index in [4.69, 9.17) is 9.84 Å². The molecule has 2 N–H and O–H groups in total. The minimum Gasteiger partial charge on any atom is -0.396 e. The number of hydrogen-bond donors (Lipinski definition) is 2. The molecule has 1 atom stereocenters. The predicted molar refractivity (Wildman–Crippen MR) is 75.2 cm³/mol. The zero-order valence-corrected chi connectivity index (χ0v) is 12.1. The van der Waals surface area contributed by atoms with Crippen molar-refractivity contribution in [2.24, 2.45) is 0 Å². The molecule has 0 aromatic heterocycles. The maximum atomic E-state index is 12.0. The summed E-state index contributed by atoms with van der Waals surface area (Å²) in [7, 11) is -1.70. The van der Waals surface area contributed by atoms with Crippen LogP contribution in [0.25, 0.3) is 0 Å². The Kier molecular flexibility index (Phi) is 6.27. The Bertz CT molecular complexity index is 481. The minimum absolute atomic E-state index is 0.0176. The van der Waals surface area contributed by atoms with Gasteiger partial charge in [0.2, 0.25) is 0 Å². The number of aliphatic hydroxyl groups is 1. The van der Waals surface area contributed by atoms with Gasteiger partial charge in [0.05, 0.1) is 29.0 Å².